The van der Waals surface area contributed by atoms with Gasteiger partial charge in [-0.1, -0.05) is 103 Å². The molecule has 48 heavy (non-hydrogen) atoms. The van der Waals surface area contributed by atoms with E-state index in [2.05, 4.69) is 0 Å². The van der Waals surface area contributed by atoms with Gasteiger partial charge in [-0.2, -0.15) is 0 Å². The van der Waals surface area contributed by atoms with Gasteiger partial charge < -0.3 is 9.47 Å². The molecule has 6 nitrogen and oxygen atoms in total. The number of ether oxygens (including phenoxy) is 2. The van der Waals surface area contributed by atoms with Gasteiger partial charge in [0.1, 0.15) is 11.5 Å². The zero-order chi connectivity index (χ0) is 33.2. The van der Waals surface area contributed by atoms with E-state index < -0.39 is 22.7 Å². The molecule has 6 heteroatoms. The van der Waals surface area contributed by atoms with E-state index in [1.807, 2.05) is 140 Å². The second-order valence-electron chi connectivity index (χ2n) is 12.6. The number of para-hydroxylation sites is 1. The van der Waals surface area contributed by atoms with Crippen LogP contribution in [0, 0.1) is 18.8 Å². The number of carbonyl (C=O) groups excluding carboxylic acids is 3. The molecule has 236 valence electrons. The Morgan fingerprint density at radius 3 is 1.31 bits per heavy atom. The van der Waals surface area contributed by atoms with Crippen molar-refractivity contribution in [3.63, 3.8) is 0 Å². The van der Waals surface area contributed by atoms with Crippen LogP contribution < -0.4 is 14.4 Å². The zero-order valence-corrected chi connectivity index (χ0v) is 26.8. The summed E-state index contributed by atoms with van der Waals surface area (Å²) in [6, 6.07) is 41.8. The standard InChI is InChI=1S/C42H33NO5/c1-26-12-10-11-17-33(26)43-38(44)36-37(39(43)45)42(30-15-8-5-9-16-30)35(28-20-24-32(48-3)25-21-28)34(27-18-22-31(47-2)23-19-27)41(36,40(42)46)29-13-6-4-7-14-29/h4-25,36-37H,1-3H3/t36-,37-,41-,42-/m0/s1. The number of ketones is 1. The number of rotatable bonds is 7. The summed E-state index contributed by atoms with van der Waals surface area (Å²) in [5, 5.41) is 0. The fourth-order valence-corrected chi connectivity index (χ4v) is 8.69. The number of benzene rings is 5. The quantitative estimate of drug-likeness (QED) is 0.178. The van der Waals surface area contributed by atoms with Gasteiger partial charge in [0.05, 0.1) is 42.6 Å². The fraction of sp³-hybridized carbons (Fsp3) is 0.167. The minimum atomic E-state index is -1.48. The molecule has 3 aliphatic rings. The smallest absolute Gasteiger partial charge is 0.239 e. The van der Waals surface area contributed by atoms with Crippen molar-refractivity contribution < 1.29 is 23.9 Å². The van der Waals surface area contributed by atoms with Crippen LogP contribution in [0.4, 0.5) is 5.69 Å². The zero-order valence-electron chi connectivity index (χ0n) is 26.8. The summed E-state index contributed by atoms with van der Waals surface area (Å²) in [6.45, 7) is 1.90. The van der Waals surface area contributed by atoms with Gasteiger partial charge in [-0.3, -0.25) is 14.4 Å². The summed E-state index contributed by atoms with van der Waals surface area (Å²) >= 11 is 0. The summed E-state index contributed by atoms with van der Waals surface area (Å²) in [6.07, 6.45) is 0. The van der Waals surface area contributed by atoms with Gasteiger partial charge in [0.15, 0.2) is 5.78 Å². The predicted molar refractivity (Wildman–Crippen MR) is 185 cm³/mol. The van der Waals surface area contributed by atoms with E-state index in [1.165, 1.54) is 4.90 Å². The van der Waals surface area contributed by atoms with Gasteiger partial charge >= 0.3 is 0 Å². The number of aryl methyl sites for hydroxylation is 1. The number of carbonyl (C=O) groups is 3. The van der Waals surface area contributed by atoms with Crippen LogP contribution in [0.1, 0.15) is 27.8 Å². The summed E-state index contributed by atoms with van der Waals surface area (Å²) in [5.41, 5.74) is 2.78. The van der Waals surface area contributed by atoms with Crippen LogP contribution >= 0.6 is 0 Å². The molecule has 8 rings (SSSR count). The third-order valence-electron chi connectivity index (χ3n) is 10.6. The first-order valence-electron chi connectivity index (χ1n) is 16.0. The molecule has 2 aliphatic carbocycles. The average molecular weight is 632 g/mol. The number of amides is 2. The molecular formula is C42H33NO5. The summed E-state index contributed by atoms with van der Waals surface area (Å²) in [5.74, 6) is -1.53. The Balaban J connectivity index is 1.55. The van der Waals surface area contributed by atoms with Gasteiger partial charge in [0, 0.05) is 0 Å². The maximum atomic E-state index is 16.0. The van der Waals surface area contributed by atoms with Crippen molar-refractivity contribution in [2.24, 2.45) is 11.8 Å². The largest absolute Gasteiger partial charge is 0.497 e. The number of methoxy groups -OCH3 is 2. The normalized spacial score (nSPS) is 24.3. The number of allylic oxidation sites excluding steroid dienone is 2. The fourth-order valence-electron chi connectivity index (χ4n) is 8.69. The minimum absolute atomic E-state index is 0.162. The highest BCUT2D eigenvalue weighted by atomic mass is 16.5. The first kappa shape index (κ1) is 29.6. The van der Waals surface area contributed by atoms with Crippen molar-refractivity contribution in [1.29, 1.82) is 0 Å². The van der Waals surface area contributed by atoms with Crippen LogP contribution in [0.5, 0.6) is 11.5 Å². The molecule has 0 unspecified atom stereocenters. The molecule has 2 fully saturated rings. The molecule has 1 aliphatic heterocycles. The van der Waals surface area contributed by atoms with Crippen molar-refractivity contribution in [2.75, 3.05) is 19.1 Å². The van der Waals surface area contributed by atoms with E-state index in [0.717, 1.165) is 27.8 Å². The van der Waals surface area contributed by atoms with Crippen molar-refractivity contribution in [3.05, 3.63) is 161 Å². The van der Waals surface area contributed by atoms with Crippen LogP contribution in [0.25, 0.3) is 11.1 Å². The second kappa shape index (κ2) is 10.9. The molecule has 0 spiro atoms. The van der Waals surface area contributed by atoms with Gasteiger partial charge in [0.2, 0.25) is 11.8 Å². The van der Waals surface area contributed by atoms with Crippen molar-refractivity contribution >= 4 is 34.4 Å². The molecule has 2 bridgehead atoms. The predicted octanol–water partition coefficient (Wildman–Crippen LogP) is 7.20. The average Bonchev–Trinajstić information content (AvgIpc) is 3.64. The number of Topliss-reactive ketones (excluding diaryl/α,β-unsaturated/α-hetero) is 1. The Bertz CT molecular complexity index is 1990. The van der Waals surface area contributed by atoms with Crippen LogP contribution in [0.15, 0.2) is 133 Å². The van der Waals surface area contributed by atoms with Crippen molar-refractivity contribution in [3.8, 4) is 11.5 Å². The maximum absolute atomic E-state index is 16.0. The molecule has 1 heterocycles. The van der Waals surface area contributed by atoms with Gasteiger partial charge in [-0.05, 0) is 76.2 Å². The SMILES string of the molecule is COc1ccc(C2=C(c3ccc(OC)cc3)[C@]3(c4ccccc4)C(=O)[C@]2(c2ccccc2)[C@@H]2C(=O)N(c4ccccc4C)C(=O)[C@H]23)cc1. The number of nitrogens with zero attached hydrogens (tertiary/aromatic N) is 1. The molecule has 0 N–H and O–H groups in total. The lowest BCUT2D eigenvalue weighted by Crippen LogP contribution is -2.45. The van der Waals surface area contributed by atoms with E-state index in [-0.39, 0.29) is 17.6 Å². The number of anilines is 1. The first-order valence-corrected chi connectivity index (χ1v) is 16.0. The van der Waals surface area contributed by atoms with E-state index in [4.69, 9.17) is 9.47 Å². The number of hydrogen-bond donors (Lipinski definition) is 0. The Morgan fingerprint density at radius 1 is 0.521 bits per heavy atom. The van der Waals surface area contributed by atoms with Gasteiger partial charge in [-0.25, -0.2) is 4.90 Å². The highest BCUT2D eigenvalue weighted by molar-refractivity contribution is 6.39. The third-order valence-corrected chi connectivity index (χ3v) is 10.6. The third kappa shape index (κ3) is 3.71. The highest BCUT2D eigenvalue weighted by Crippen LogP contribution is 2.74. The lowest BCUT2D eigenvalue weighted by molar-refractivity contribution is -0.130. The lowest BCUT2D eigenvalue weighted by Gasteiger charge is -2.39. The number of imide groups is 1. The van der Waals surface area contributed by atoms with Gasteiger partial charge in [-0.15, -0.1) is 0 Å². The van der Waals surface area contributed by atoms with Crippen LogP contribution in [0.2, 0.25) is 0 Å². The van der Waals surface area contributed by atoms with E-state index >= 15 is 14.4 Å². The summed E-state index contributed by atoms with van der Waals surface area (Å²) in [7, 11) is 3.23. The molecule has 5 aromatic rings. The monoisotopic (exact) mass is 631 g/mol. The van der Waals surface area contributed by atoms with Crippen molar-refractivity contribution in [1.82, 2.24) is 0 Å². The molecule has 1 saturated heterocycles. The molecule has 2 amide bonds. The Kier molecular flexibility index (Phi) is 6.74. The second-order valence-corrected chi connectivity index (χ2v) is 12.6. The summed E-state index contributed by atoms with van der Waals surface area (Å²) < 4.78 is 11.0. The summed E-state index contributed by atoms with van der Waals surface area (Å²) in [4.78, 5) is 47.6. The Hall–Kier alpha value is -5.75. The molecule has 0 aromatic heterocycles. The Morgan fingerprint density at radius 2 is 0.917 bits per heavy atom. The molecular weight excluding hydrogens is 598 g/mol. The molecule has 5 aromatic carbocycles. The maximum Gasteiger partial charge on any atom is 0.239 e. The highest BCUT2D eigenvalue weighted by Gasteiger charge is 2.82. The molecule has 0 radical (unpaired) electrons. The Labute approximate surface area is 279 Å². The van der Waals surface area contributed by atoms with Crippen molar-refractivity contribution in [2.45, 2.75) is 17.8 Å². The molecule has 4 atom stereocenters. The van der Waals surface area contributed by atoms with E-state index in [1.54, 1.807) is 14.2 Å². The van der Waals surface area contributed by atoms with E-state index in [9.17, 15) is 0 Å². The number of fused-ring (bicyclic) bond motifs is 5. The lowest BCUT2D eigenvalue weighted by atomic mass is 9.59. The van der Waals surface area contributed by atoms with Crippen LogP contribution in [-0.2, 0) is 25.2 Å². The topological polar surface area (TPSA) is 72.9 Å². The van der Waals surface area contributed by atoms with E-state index in [0.29, 0.717) is 28.3 Å². The van der Waals surface area contributed by atoms with Crippen LogP contribution in [0.3, 0.4) is 0 Å². The van der Waals surface area contributed by atoms with Gasteiger partial charge in [0.25, 0.3) is 0 Å². The number of hydrogen-bond acceptors (Lipinski definition) is 5. The minimum Gasteiger partial charge on any atom is -0.497 e. The van der Waals surface area contributed by atoms with Crippen LogP contribution in [-0.4, -0.2) is 31.8 Å². The molecule has 1 saturated carbocycles. The first-order chi connectivity index (χ1) is 23.4.